The van der Waals surface area contributed by atoms with Crippen LogP contribution in [0.4, 0.5) is 11.4 Å². The van der Waals surface area contributed by atoms with Gasteiger partial charge in [-0.1, -0.05) is 23.7 Å². The van der Waals surface area contributed by atoms with Gasteiger partial charge in [0.05, 0.1) is 22.2 Å². The molecule has 2 aromatic carbocycles. The number of fused-ring (bicyclic) bond motifs is 1. The fraction of sp³-hybridized carbons (Fsp3) is 0.176. The van der Waals surface area contributed by atoms with Crippen LogP contribution in [0, 0.1) is 10.1 Å². The fourth-order valence-corrected chi connectivity index (χ4v) is 2.67. The number of carbonyl (C=O) groups is 1. The Hall–Kier alpha value is -2.93. The van der Waals surface area contributed by atoms with Crippen molar-refractivity contribution >= 4 is 35.1 Å². The van der Waals surface area contributed by atoms with E-state index in [-0.39, 0.29) is 18.2 Å². The molecule has 0 radical (unpaired) electrons. The first-order chi connectivity index (χ1) is 12.1. The molecule has 1 aliphatic rings. The quantitative estimate of drug-likeness (QED) is 0.620. The molecule has 0 atom stereocenters. The third-order valence-corrected chi connectivity index (χ3v) is 4.00. The molecular formula is C17H14ClN3O4. The van der Waals surface area contributed by atoms with E-state index in [1.807, 2.05) is 0 Å². The summed E-state index contributed by atoms with van der Waals surface area (Å²) in [6.45, 7) is 0.576. The molecule has 0 saturated carbocycles. The van der Waals surface area contributed by atoms with Gasteiger partial charge in [-0.25, -0.2) is 0 Å². The third-order valence-electron chi connectivity index (χ3n) is 3.68. The van der Waals surface area contributed by atoms with E-state index in [0.717, 1.165) is 0 Å². The zero-order valence-electron chi connectivity index (χ0n) is 13.1. The molecule has 8 heteroatoms. The van der Waals surface area contributed by atoms with Crippen molar-refractivity contribution in [2.75, 3.05) is 24.6 Å². The largest absolute Gasteiger partial charge is 0.482 e. The first kappa shape index (κ1) is 16.9. The van der Waals surface area contributed by atoms with Crippen LogP contribution in [-0.2, 0) is 4.79 Å². The van der Waals surface area contributed by atoms with Gasteiger partial charge in [0.25, 0.3) is 11.6 Å². The van der Waals surface area contributed by atoms with Crippen LogP contribution in [0.2, 0.25) is 5.02 Å². The molecule has 0 aromatic heterocycles. The zero-order chi connectivity index (χ0) is 17.8. The number of benzene rings is 2. The van der Waals surface area contributed by atoms with Crippen LogP contribution in [0.1, 0.15) is 5.56 Å². The van der Waals surface area contributed by atoms with E-state index >= 15 is 0 Å². The van der Waals surface area contributed by atoms with E-state index in [1.165, 1.54) is 17.0 Å². The van der Waals surface area contributed by atoms with Gasteiger partial charge in [-0.2, -0.15) is 0 Å². The molecule has 25 heavy (non-hydrogen) atoms. The Kier molecular flexibility index (Phi) is 4.95. The minimum absolute atomic E-state index is 0.0492. The van der Waals surface area contributed by atoms with E-state index in [0.29, 0.717) is 35.1 Å². The smallest absolute Gasteiger partial charge is 0.270 e. The molecular weight excluding hydrogens is 346 g/mol. The highest BCUT2D eigenvalue weighted by atomic mass is 35.5. The van der Waals surface area contributed by atoms with Crippen molar-refractivity contribution < 1.29 is 14.5 Å². The predicted molar refractivity (Wildman–Crippen MR) is 94.9 cm³/mol. The number of carbonyl (C=O) groups excluding carboxylic acids is 1. The van der Waals surface area contributed by atoms with Crippen LogP contribution in [-0.4, -0.2) is 36.7 Å². The number of nitrogens with zero attached hydrogens (tertiary/aromatic N) is 3. The maximum atomic E-state index is 12.6. The number of aliphatic imine (C=N–C) groups is 1. The molecule has 0 saturated heterocycles. The Labute approximate surface area is 148 Å². The first-order valence-electron chi connectivity index (χ1n) is 7.52. The molecule has 7 nitrogen and oxygen atoms in total. The highest BCUT2D eigenvalue weighted by Gasteiger charge is 2.22. The van der Waals surface area contributed by atoms with Crippen molar-refractivity contribution in [1.29, 1.82) is 0 Å². The van der Waals surface area contributed by atoms with Crippen LogP contribution in [0.25, 0.3) is 0 Å². The number of hydrogen-bond donors (Lipinski definition) is 0. The number of nitro benzene ring substituents is 1. The molecule has 0 unspecified atom stereocenters. The van der Waals surface area contributed by atoms with Crippen LogP contribution < -0.4 is 9.64 Å². The SMILES string of the molecule is O=C(COc1ccccc1Cl)N1CCN=Cc2cc([N+](=O)[O-])ccc21. The number of hydrogen-bond acceptors (Lipinski definition) is 5. The number of non-ortho nitro benzene ring substituents is 1. The van der Waals surface area contributed by atoms with Crippen molar-refractivity contribution in [2.24, 2.45) is 4.99 Å². The van der Waals surface area contributed by atoms with Gasteiger partial charge in [0.1, 0.15) is 5.75 Å². The summed E-state index contributed by atoms with van der Waals surface area (Å²) < 4.78 is 5.50. The number of ether oxygens (including phenoxy) is 1. The van der Waals surface area contributed by atoms with Gasteiger partial charge in [-0.05, 0) is 18.2 Å². The van der Waals surface area contributed by atoms with Gasteiger partial charge in [-0.15, -0.1) is 0 Å². The second-order valence-corrected chi connectivity index (χ2v) is 5.71. The minimum Gasteiger partial charge on any atom is -0.482 e. The molecule has 0 aliphatic carbocycles. The lowest BCUT2D eigenvalue weighted by atomic mass is 10.1. The average Bonchev–Trinajstić information content (AvgIpc) is 2.82. The zero-order valence-corrected chi connectivity index (χ0v) is 13.8. The lowest BCUT2D eigenvalue weighted by Gasteiger charge is -2.22. The number of halogens is 1. The summed E-state index contributed by atoms with van der Waals surface area (Å²) in [6.07, 6.45) is 1.55. The molecule has 128 valence electrons. The van der Waals surface area contributed by atoms with Crippen molar-refractivity contribution in [2.45, 2.75) is 0 Å². The van der Waals surface area contributed by atoms with E-state index < -0.39 is 4.92 Å². The Morgan fingerprint density at radius 1 is 1.32 bits per heavy atom. The number of rotatable bonds is 4. The second kappa shape index (κ2) is 7.31. The van der Waals surface area contributed by atoms with Gasteiger partial charge >= 0.3 is 0 Å². The highest BCUT2D eigenvalue weighted by molar-refractivity contribution is 6.32. The van der Waals surface area contributed by atoms with Gasteiger partial charge in [0.2, 0.25) is 0 Å². The topological polar surface area (TPSA) is 85.0 Å². The summed E-state index contributed by atoms with van der Waals surface area (Å²) in [6, 6.07) is 11.2. The summed E-state index contributed by atoms with van der Waals surface area (Å²) >= 11 is 6.01. The van der Waals surface area contributed by atoms with Crippen molar-refractivity contribution in [3.05, 3.63) is 63.2 Å². The Bertz CT molecular complexity index is 854. The summed E-state index contributed by atoms with van der Waals surface area (Å²) in [4.78, 5) is 28.7. The third kappa shape index (κ3) is 3.77. The van der Waals surface area contributed by atoms with Crippen LogP contribution in [0.15, 0.2) is 47.5 Å². The molecule has 0 spiro atoms. The first-order valence-corrected chi connectivity index (χ1v) is 7.90. The van der Waals surface area contributed by atoms with Gasteiger partial charge in [0.15, 0.2) is 6.61 Å². The molecule has 3 rings (SSSR count). The van der Waals surface area contributed by atoms with Crippen molar-refractivity contribution in [3.8, 4) is 5.75 Å². The number of amides is 1. The second-order valence-electron chi connectivity index (χ2n) is 5.30. The maximum absolute atomic E-state index is 12.6. The van der Waals surface area contributed by atoms with Crippen molar-refractivity contribution in [1.82, 2.24) is 0 Å². The van der Waals surface area contributed by atoms with Gasteiger partial charge in [0, 0.05) is 30.5 Å². The van der Waals surface area contributed by atoms with Crippen LogP contribution >= 0.6 is 11.6 Å². The summed E-state index contributed by atoms with van der Waals surface area (Å²) in [7, 11) is 0. The Morgan fingerprint density at radius 3 is 2.88 bits per heavy atom. The summed E-state index contributed by atoms with van der Waals surface area (Å²) in [5.41, 5.74) is 1.05. The lowest BCUT2D eigenvalue weighted by molar-refractivity contribution is -0.384. The van der Waals surface area contributed by atoms with Gasteiger partial charge in [-0.3, -0.25) is 19.9 Å². The average molecular weight is 360 g/mol. The van der Waals surface area contributed by atoms with E-state index in [9.17, 15) is 14.9 Å². The summed E-state index contributed by atoms with van der Waals surface area (Å²) in [5.74, 6) is 0.146. The summed E-state index contributed by atoms with van der Waals surface area (Å²) in [5, 5.41) is 11.3. The molecule has 1 aliphatic heterocycles. The van der Waals surface area contributed by atoms with E-state index in [4.69, 9.17) is 16.3 Å². The molecule has 0 fully saturated rings. The Balaban J connectivity index is 1.80. The standard InChI is InChI=1S/C17H14ClN3O4/c18-14-3-1-2-4-16(14)25-11-17(22)20-8-7-19-10-12-9-13(21(23)24)5-6-15(12)20/h1-6,9-10H,7-8,11H2. The monoisotopic (exact) mass is 359 g/mol. The molecule has 0 bridgehead atoms. The van der Waals surface area contributed by atoms with Crippen LogP contribution in [0.3, 0.4) is 0 Å². The molecule has 2 aromatic rings. The highest BCUT2D eigenvalue weighted by Crippen LogP contribution is 2.27. The minimum atomic E-state index is -0.480. The van der Waals surface area contributed by atoms with Crippen LogP contribution in [0.5, 0.6) is 5.75 Å². The number of benzodiazepines with no additional fused rings is 1. The maximum Gasteiger partial charge on any atom is 0.270 e. The molecule has 0 N–H and O–H groups in total. The van der Waals surface area contributed by atoms with Gasteiger partial charge < -0.3 is 9.64 Å². The molecule has 1 amide bonds. The number of anilines is 1. The lowest BCUT2D eigenvalue weighted by Crippen LogP contribution is -2.36. The normalized spacial score (nSPS) is 13.1. The Morgan fingerprint density at radius 2 is 2.12 bits per heavy atom. The van der Waals surface area contributed by atoms with E-state index in [2.05, 4.69) is 4.99 Å². The predicted octanol–water partition coefficient (Wildman–Crippen LogP) is 3.09. The number of para-hydroxylation sites is 1. The molecule has 1 heterocycles. The van der Waals surface area contributed by atoms with Crippen molar-refractivity contribution in [3.63, 3.8) is 0 Å². The fourth-order valence-electron chi connectivity index (χ4n) is 2.48. The number of nitro groups is 1. The van der Waals surface area contributed by atoms with E-state index in [1.54, 1.807) is 36.5 Å².